The molecule has 0 aliphatic carbocycles. The molecule has 0 unspecified atom stereocenters. The highest BCUT2D eigenvalue weighted by molar-refractivity contribution is 7.99. The molecule has 0 atom stereocenters. The number of benzene rings is 2. The molecule has 0 radical (unpaired) electrons. The fraction of sp³-hybridized carbons (Fsp3) is 0.250. The molecular formula is C20H23N5O2S. The van der Waals surface area contributed by atoms with Crippen molar-refractivity contribution in [2.75, 3.05) is 24.0 Å². The van der Waals surface area contributed by atoms with E-state index in [2.05, 4.69) is 22.4 Å². The second-order valence-corrected chi connectivity index (χ2v) is 7.10. The van der Waals surface area contributed by atoms with Crippen LogP contribution in [0.3, 0.4) is 0 Å². The molecule has 0 aliphatic rings. The lowest BCUT2D eigenvalue weighted by Gasteiger charge is -2.08. The predicted molar refractivity (Wildman–Crippen MR) is 112 cm³/mol. The van der Waals surface area contributed by atoms with E-state index >= 15 is 0 Å². The van der Waals surface area contributed by atoms with E-state index in [9.17, 15) is 4.79 Å². The van der Waals surface area contributed by atoms with Crippen LogP contribution < -0.4 is 15.9 Å². The molecule has 0 saturated carbocycles. The first-order valence-electron chi connectivity index (χ1n) is 8.97. The molecule has 1 amide bonds. The number of nitrogens with zero attached hydrogens (tertiary/aromatic N) is 3. The molecular weight excluding hydrogens is 374 g/mol. The zero-order valence-electron chi connectivity index (χ0n) is 15.9. The number of aryl methyl sites for hydroxylation is 1. The first kappa shape index (κ1) is 19.8. The zero-order chi connectivity index (χ0) is 19.9. The van der Waals surface area contributed by atoms with Gasteiger partial charge >= 0.3 is 0 Å². The minimum atomic E-state index is -0.130. The monoisotopic (exact) mass is 397 g/mol. The molecule has 8 heteroatoms. The molecule has 0 fully saturated rings. The van der Waals surface area contributed by atoms with Crippen LogP contribution in [0.25, 0.3) is 11.4 Å². The third-order valence-electron chi connectivity index (χ3n) is 4.12. The number of rotatable bonds is 8. The molecule has 3 N–H and O–H groups in total. The first-order valence-corrected chi connectivity index (χ1v) is 9.96. The molecule has 1 aromatic heterocycles. The number of para-hydroxylation sites is 1. The van der Waals surface area contributed by atoms with Gasteiger partial charge in [-0.3, -0.25) is 4.79 Å². The van der Waals surface area contributed by atoms with E-state index in [1.165, 1.54) is 22.0 Å². The van der Waals surface area contributed by atoms with Gasteiger partial charge < -0.3 is 15.9 Å². The third kappa shape index (κ3) is 4.64. The second-order valence-electron chi connectivity index (χ2n) is 6.16. The van der Waals surface area contributed by atoms with Gasteiger partial charge in [-0.2, -0.15) is 0 Å². The lowest BCUT2D eigenvalue weighted by Crippen LogP contribution is -2.16. The van der Waals surface area contributed by atoms with Gasteiger partial charge in [0.15, 0.2) is 5.82 Å². The number of anilines is 1. The summed E-state index contributed by atoms with van der Waals surface area (Å²) >= 11 is 1.23. The number of hydrogen-bond acceptors (Lipinski definition) is 6. The molecule has 28 heavy (non-hydrogen) atoms. The Kier molecular flexibility index (Phi) is 6.54. The maximum Gasteiger partial charge on any atom is 0.234 e. The van der Waals surface area contributed by atoms with Crippen molar-refractivity contribution in [1.82, 2.24) is 14.9 Å². The van der Waals surface area contributed by atoms with Crippen LogP contribution in [-0.4, -0.2) is 33.6 Å². The van der Waals surface area contributed by atoms with Crippen molar-refractivity contribution >= 4 is 23.4 Å². The van der Waals surface area contributed by atoms with Gasteiger partial charge in [-0.1, -0.05) is 49.4 Å². The number of carbonyl (C=O) groups excluding carboxylic acids is 1. The van der Waals surface area contributed by atoms with Crippen molar-refractivity contribution in [3.8, 4) is 17.1 Å². The van der Waals surface area contributed by atoms with Gasteiger partial charge in [0.25, 0.3) is 0 Å². The molecule has 0 spiro atoms. The van der Waals surface area contributed by atoms with Gasteiger partial charge in [-0.15, -0.1) is 10.2 Å². The zero-order valence-corrected chi connectivity index (χ0v) is 16.7. The summed E-state index contributed by atoms with van der Waals surface area (Å²) in [5.74, 6) is 7.31. The van der Waals surface area contributed by atoms with Crippen LogP contribution in [-0.2, 0) is 11.2 Å². The normalized spacial score (nSPS) is 10.6. The van der Waals surface area contributed by atoms with E-state index in [4.69, 9.17) is 10.6 Å². The summed E-state index contributed by atoms with van der Waals surface area (Å²) in [5.41, 5.74) is 2.77. The minimum Gasteiger partial charge on any atom is -0.496 e. The first-order chi connectivity index (χ1) is 13.6. The summed E-state index contributed by atoms with van der Waals surface area (Å²) in [6.07, 6.45) is 2.13. The molecule has 2 aromatic carbocycles. The van der Waals surface area contributed by atoms with E-state index in [1.54, 1.807) is 7.11 Å². The van der Waals surface area contributed by atoms with Crippen LogP contribution in [0, 0.1) is 0 Å². The number of carbonyl (C=O) groups is 1. The smallest absolute Gasteiger partial charge is 0.234 e. The van der Waals surface area contributed by atoms with Crippen LogP contribution in [0.15, 0.2) is 53.7 Å². The number of ether oxygens (including phenoxy) is 1. The Bertz CT molecular complexity index is 940. The molecule has 7 nitrogen and oxygen atoms in total. The van der Waals surface area contributed by atoms with Crippen LogP contribution in [0.4, 0.5) is 5.69 Å². The number of thioether (sulfide) groups is 1. The van der Waals surface area contributed by atoms with E-state index < -0.39 is 0 Å². The highest BCUT2D eigenvalue weighted by atomic mass is 32.2. The van der Waals surface area contributed by atoms with E-state index in [0.717, 1.165) is 24.1 Å². The van der Waals surface area contributed by atoms with Crippen molar-refractivity contribution < 1.29 is 9.53 Å². The van der Waals surface area contributed by atoms with Gasteiger partial charge in [0.1, 0.15) is 5.75 Å². The molecule has 0 bridgehead atoms. The largest absolute Gasteiger partial charge is 0.496 e. The Labute approximate surface area is 168 Å². The number of nitrogens with two attached hydrogens (primary N) is 1. The minimum absolute atomic E-state index is 0.130. The lowest BCUT2D eigenvalue weighted by molar-refractivity contribution is -0.113. The Morgan fingerprint density at radius 3 is 2.64 bits per heavy atom. The molecule has 3 rings (SSSR count). The van der Waals surface area contributed by atoms with Crippen molar-refractivity contribution in [1.29, 1.82) is 0 Å². The number of amides is 1. The maximum atomic E-state index is 12.2. The molecule has 0 aliphatic heterocycles. The summed E-state index contributed by atoms with van der Waals surface area (Å²) in [6, 6.07) is 15.3. The molecule has 3 aromatic rings. The van der Waals surface area contributed by atoms with Crippen LogP contribution in [0.5, 0.6) is 5.75 Å². The van der Waals surface area contributed by atoms with E-state index in [-0.39, 0.29) is 11.7 Å². The number of nitrogen functional groups attached to an aromatic ring is 1. The number of aromatic nitrogens is 3. The highest BCUT2D eigenvalue weighted by Gasteiger charge is 2.16. The van der Waals surface area contributed by atoms with Gasteiger partial charge in [0.2, 0.25) is 11.1 Å². The van der Waals surface area contributed by atoms with Gasteiger partial charge in [0.05, 0.1) is 18.4 Å². The average Bonchev–Trinajstić information content (AvgIpc) is 3.08. The second kappa shape index (κ2) is 9.27. The summed E-state index contributed by atoms with van der Waals surface area (Å²) in [5, 5.41) is 11.6. The Morgan fingerprint density at radius 2 is 1.93 bits per heavy atom. The van der Waals surface area contributed by atoms with E-state index in [1.807, 2.05) is 48.5 Å². The fourth-order valence-electron chi connectivity index (χ4n) is 2.76. The van der Waals surface area contributed by atoms with Crippen molar-refractivity contribution in [2.45, 2.75) is 24.9 Å². The van der Waals surface area contributed by atoms with Crippen LogP contribution >= 0.6 is 11.8 Å². The lowest BCUT2D eigenvalue weighted by atomic mass is 10.1. The van der Waals surface area contributed by atoms with Crippen LogP contribution in [0.2, 0.25) is 0 Å². The Morgan fingerprint density at radius 1 is 1.18 bits per heavy atom. The molecule has 0 saturated heterocycles. The Hall–Kier alpha value is -3.00. The fourth-order valence-corrected chi connectivity index (χ4v) is 3.42. The highest BCUT2D eigenvalue weighted by Crippen LogP contribution is 2.29. The maximum absolute atomic E-state index is 12.2. The molecule has 146 valence electrons. The van der Waals surface area contributed by atoms with Gasteiger partial charge in [-0.25, -0.2) is 4.68 Å². The third-order valence-corrected chi connectivity index (χ3v) is 5.06. The summed E-state index contributed by atoms with van der Waals surface area (Å²) in [6.45, 7) is 2.14. The topological polar surface area (TPSA) is 95.1 Å². The number of nitrogens with one attached hydrogen (secondary N) is 1. The quantitative estimate of drug-likeness (QED) is 0.447. The SMILES string of the molecule is CCCc1ccc(NC(=O)CSc2nnc(-c3ccccc3OC)n2N)cc1. The number of hydrogen-bond donors (Lipinski definition) is 2. The van der Waals surface area contributed by atoms with E-state index in [0.29, 0.717) is 16.7 Å². The standard InChI is InChI=1S/C20H23N5O2S/c1-3-6-14-9-11-15(12-10-14)22-18(26)13-28-20-24-23-19(25(20)21)16-7-4-5-8-17(16)27-2/h4-5,7-12H,3,6,13,21H2,1-2H3,(H,22,26). The predicted octanol–water partition coefficient (Wildman–Crippen LogP) is 3.35. The number of methoxy groups -OCH3 is 1. The Balaban J connectivity index is 1.62. The van der Waals surface area contributed by atoms with Crippen molar-refractivity contribution in [2.24, 2.45) is 0 Å². The summed E-state index contributed by atoms with van der Waals surface area (Å²) in [7, 11) is 1.59. The van der Waals surface area contributed by atoms with Crippen molar-refractivity contribution in [3.63, 3.8) is 0 Å². The van der Waals surface area contributed by atoms with Crippen LogP contribution in [0.1, 0.15) is 18.9 Å². The average molecular weight is 398 g/mol. The summed E-state index contributed by atoms with van der Waals surface area (Å²) < 4.78 is 6.71. The van der Waals surface area contributed by atoms with Gasteiger partial charge in [-0.05, 0) is 36.2 Å². The molecule has 1 heterocycles. The van der Waals surface area contributed by atoms with Gasteiger partial charge in [0, 0.05) is 5.69 Å². The van der Waals surface area contributed by atoms with Crippen molar-refractivity contribution in [3.05, 3.63) is 54.1 Å². The summed E-state index contributed by atoms with van der Waals surface area (Å²) in [4.78, 5) is 12.2.